The number of rotatable bonds is 7. The van der Waals surface area contributed by atoms with Gasteiger partial charge in [-0.2, -0.15) is 9.97 Å². The standard InChI is InChI=1S/C43H37F3N6O4/c1-2-29-31(45)12-10-25-17-28(56-34(53)14-9-24-7-4-3-5-8-24)18-30(35(25)29)38-37(46)39-36-40(52-21-27-11-13-32(47-27)33(52)22-54-41(36)48-38)50-42(49-39)55-23-43-15-6-16-51(43)20-26(44)19-43/h1,3-5,7-10,12,14,17-18,26-27,32-33,47H,6,11,13,15-16,19-23H2/b14-9+/t26-,27-,32+,33-,43+/m1/s1. The average molecular weight is 759 g/mol. The minimum absolute atomic E-state index is 0.0438. The van der Waals surface area contributed by atoms with Crippen LogP contribution >= 0.6 is 0 Å². The third kappa shape index (κ3) is 5.81. The maximum absolute atomic E-state index is 17.5. The number of benzene rings is 3. The van der Waals surface area contributed by atoms with Crippen molar-refractivity contribution >= 4 is 39.5 Å². The molecule has 0 unspecified atom stereocenters. The minimum atomic E-state index is -0.952. The van der Waals surface area contributed by atoms with Gasteiger partial charge >= 0.3 is 12.0 Å². The van der Waals surface area contributed by atoms with Crippen molar-refractivity contribution in [3.05, 3.63) is 83.4 Å². The third-order valence-corrected chi connectivity index (χ3v) is 12.0. The minimum Gasteiger partial charge on any atom is -0.475 e. The summed E-state index contributed by atoms with van der Waals surface area (Å²) in [6.45, 7) is 2.14. The number of anilines is 1. The molecule has 5 aliphatic heterocycles. The van der Waals surface area contributed by atoms with E-state index in [4.69, 9.17) is 30.6 Å². The second kappa shape index (κ2) is 13.5. The lowest BCUT2D eigenvalue weighted by Crippen LogP contribution is -2.60. The number of halogens is 3. The zero-order valence-electron chi connectivity index (χ0n) is 30.3. The van der Waals surface area contributed by atoms with E-state index in [2.05, 4.69) is 26.0 Å². The Kier molecular flexibility index (Phi) is 8.38. The van der Waals surface area contributed by atoms with Gasteiger partial charge in [0.2, 0.25) is 5.88 Å². The van der Waals surface area contributed by atoms with E-state index in [0.29, 0.717) is 30.7 Å². The summed E-state index contributed by atoms with van der Waals surface area (Å²) in [4.78, 5) is 31.7. The van der Waals surface area contributed by atoms with E-state index in [-0.39, 0.29) is 82.1 Å². The van der Waals surface area contributed by atoms with Crippen LogP contribution in [0.3, 0.4) is 0 Å². The van der Waals surface area contributed by atoms with Gasteiger partial charge in [0.05, 0.1) is 17.1 Å². The van der Waals surface area contributed by atoms with E-state index < -0.39 is 29.3 Å². The lowest BCUT2D eigenvalue weighted by atomic mass is 9.95. The molecule has 5 aromatic rings. The topological polar surface area (TPSA) is 102 Å². The molecule has 10 nitrogen and oxygen atoms in total. The Balaban J connectivity index is 1.12. The first-order valence-electron chi connectivity index (χ1n) is 19.0. The fourth-order valence-corrected chi connectivity index (χ4v) is 9.49. The molecule has 0 amide bonds. The quantitative estimate of drug-likeness (QED) is 0.0872. The highest BCUT2D eigenvalue weighted by Crippen LogP contribution is 2.46. The molecular weight excluding hydrogens is 722 g/mol. The third-order valence-electron chi connectivity index (χ3n) is 12.0. The molecule has 0 saturated carbocycles. The number of terminal acetylenes is 1. The van der Waals surface area contributed by atoms with Gasteiger partial charge in [0.25, 0.3) is 0 Å². The van der Waals surface area contributed by atoms with Gasteiger partial charge in [-0.3, -0.25) is 4.90 Å². The molecule has 2 aromatic heterocycles. The zero-order valence-corrected chi connectivity index (χ0v) is 30.3. The second-order valence-corrected chi connectivity index (χ2v) is 15.4. The van der Waals surface area contributed by atoms with Crippen LogP contribution in [0, 0.1) is 24.0 Å². The summed E-state index contributed by atoms with van der Waals surface area (Å²) in [5.74, 6) is 0.817. The summed E-state index contributed by atoms with van der Waals surface area (Å²) in [6.07, 6.45) is 11.8. The Morgan fingerprint density at radius 3 is 2.82 bits per heavy atom. The number of aromatic nitrogens is 3. The number of nitrogens with zero attached hydrogens (tertiary/aromatic N) is 5. The maximum atomic E-state index is 17.5. The number of esters is 1. The van der Waals surface area contributed by atoms with Crippen LogP contribution in [-0.4, -0.2) is 88.5 Å². The fraction of sp³-hybridized carbons (Fsp3) is 0.349. The number of carbonyl (C=O) groups is 1. The Morgan fingerprint density at radius 1 is 1.09 bits per heavy atom. The summed E-state index contributed by atoms with van der Waals surface area (Å²) in [6, 6.07) is 15.1. The molecule has 0 aliphatic carbocycles. The maximum Gasteiger partial charge on any atom is 0.336 e. The SMILES string of the molecule is C#Cc1c(F)ccc2cc(OC(=O)/C=C/c3ccccc3)cc(-c3nc4c5c(nc(OC[C@@]67CCCN6C[C@H](F)C7)nc5c3F)N3C[C@H]5CC[C@H](N5)[C@H]3CO4)c12. The van der Waals surface area contributed by atoms with Gasteiger partial charge in [-0.15, -0.1) is 6.42 Å². The summed E-state index contributed by atoms with van der Waals surface area (Å²) in [5.41, 5.74) is -0.0561. The molecule has 4 fully saturated rings. The summed E-state index contributed by atoms with van der Waals surface area (Å²) in [5, 5.41) is 4.56. The molecule has 0 radical (unpaired) electrons. The number of ether oxygens (including phenoxy) is 3. The molecule has 3 aromatic carbocycles. The monoisotopic (exact) mass is 758 g/mol. The van der Waals surface area contributed by atoms with Crippen LogP contribution in [-0.2, 0) is 4.79 Å². The number of piperazine rings is 1. The van der Waals surface area contributed by atoms with Crippen LogP contribution in [0.4, 0.5) is 19.0 Å². The first kappa shape index (κ1) is 34.8. The molecule has 13 heteroatoms. The van der Waals surface area contributed by atoms with Gasteiger partial charge in [0.15, 0.2) is 5.82 Å². The van der Waals surface area contributed by atoms with Gasteiger partial charge in [0.1, 0.15) is 53.4 Å². The second-order valence-electron chi connectivity index (χ2n) is 15.4. The van der Waals surface area contributed by atoms with E-state index in [1.54, 1.807) is 12.1 Å². The van der Waals surface area contributed by atoms with Crippen molar-refractivity contribution < 1.29 is 32.2 Å². The van der Waals surface area contributed by atoms with Crippen molar-refractivity contribution in [1.82, 2.24) is 25.2 Å². The molecule has 5 atom stereocenters. The van der Waals surface area contributed by atoms with Gasteiger partial charge < -0.3 is 24.4 Å². The molecule has 2 bridgehead atoms. The van der Waals surface area contributed by atoms with Crippen molar-refractivity contribution in [3.63, 3.8) is 0 Å². The van der Waals surface area contributed by atoms with Crippen LogP contribution in [0.15, 0.2) is 60.7 Å². The Labute approximate surface area is 320 Å². The molecule has 0 spiro atoms. The van der Waals surface area contributed by atoms with Crippen LogP contribution in [0.1, 0.15) is 43.2 Å². The number of fused-ring (bicyclic) bond motifs is 7. The van der Waals surface area contributed by atoms with E-state index >= 15 is 8.78 Å². The Bertz CT molecular complexity index is 2490. The molecular formula is C43H37F3N6O4. The number of hydrogen-bond acceptors (Lipinski definition) is 10. The van der Waals surface area contributed by atoms with E-state index in [0.717, 1.165) is 37.8 Å². The molecule has 5 aliphatic rings. The van der Waals surface area contributed by atoms with Crippen molar-refractivity contribution in [2.24, 2.45) is 0 Å². The average Bonchev–Trinajstić information content (AvgIpc) is 3.84. The first-order chi connectivity index (χ1) is 27.3. The van der Waals surface area contributed by atoms with E-state index in [9.17, 15) is 9.18 Å². The first-order valence-corrected chi connectivity index (χ1v) is 19.0. The smallest absolute Gasteiger partial charge is 0.336 e. The summed E-state index contributed by atoms with van der Waals surface area (Å²) >= 11 is 0. The highest BCUT2D eigenvalue weighted by molar-refractivity contribution is 6.04. The number of nitrogens with one attached hydrogen (secondary N) is 1. The number of carbonyl (C=O) groups excluding carboxylic acids is 1. The molecule has 1 N–H and O–H groups in total. The number of pyridine rings is 1. The summed E-state index contributed by atoms with van der Waals surface area (Å²) in [7, 11) is 0. The van der Waals surface area contributed by atoms with Crippen LogP contribution < -0.4 is 24.4 Å². The van der Waals surface area contributed by atoms with E-state index in [1.807, 2.05) is 30.3 Å². The van der Waals surface area contributed by atoms with Crippen molar-refractivity contribution in [3.8, 4) is 41.2 Å². The highest BCUT2D eigenvalue weighted by Gasteiger charge is 2.50. The van der Waals surface area contributed by atoms with Crippen molar-refractivity contribution in [2.45, 2.75) is 61.9 Å². The van der Waals surface area contributed by atoms with Crippen molar-refractivity contribution in [2.75, 3.05) is 37.7 Å². The Morgan fingerprint density at radius 2 is 1.96 bits per heavy atom. The normalized spacial score (nSPS) is 25.2. The van der Waals surface area contributed by atoms with Crippen LogP contribution in [0.25, 0.3) is 39.0 Å². The van der Waals surface area contributed by atoms with Gasteiger partial charge in [-0.1, -0.05) is 42.3 Å². The largest absolute Gasteiger partial charge is 0.475 e. The molecule has 10 rings (SSSR count). The van der Waals surface area contributed by atoms with Crippen LogP contribution in [0.5, 0.6) is 17.6 Å². The van der Waals surface area contributed by atoms with Gasteiger partial charge in [0, 0.05) is 48.6 Å². The van der Waals surface area contributed by atoms with Gasteiger partial charge in [-0.05, 0) is 67.5 Å². The molecule has 4 saturated heterocycles. The van der Waals surface area contributed by atoms with E-state index in [1.165, 1.54) is 24.3 Å². The summed E-state index contributed by atoms with van der Waals surface area (Å²) < 4.78 is 66.1. The fourth-order valence-electron chi connectivity index (χ4n) is 9.49. The molecule has 284 valence electrons. The Hall–Kier alpha value is -5.71. The predicted octanol–water partition coefficient (Wildman–Crippen LogP) is 6.38. The predicted molar refractivity (Wildman–Crippen MR) is 204 cm³/mol. The van der Waals surface area contributed by atoms with Crippen molar-refractivity contribution in [1.29, 1.82) is 0 Å². The highest BCUT2D eigenvalue weighted by atomic mass is 19.1. The number of hydrogen-bond donors (Lipinski definition) is 1. The van der Waals surface area contributed by atoms with Gasteiger partial charge in [-0.25, -0.2) is 22.9 Å². The molecule has 56 heavy (non-hydrogen) atoms. The van der Waals surface area contributed by atoms with Crippen LogP contribution in [0.2, 0.25) is 0 Å². The lowest BCUT2D eigenvalue weighted by molar-refractivity contribution is -0.128. The molecule has 7 heterocycles. The number of alkyl halides is 1. The zero-order chi connectivity index (χ0) is 38.1. The lowest BCUT2D eigenvalue weighted by Gasteiger charge is -2.40.